The Kier molecular flexibility index (Phi) is 34.8. The second-order valence-corrected chi connectivity index (χ2v) is 2.13. The highest BCUT2D eigenvalue weighted by atomic mass is 16.3. The molecule has 0 aromatic heterocycles. The van der Waals surface area contributed by atoms with Crippen LogP contribution < -0.4 is 0 Å². The molecule has 0 aliphatic heterocycles. The Balaban J connectivity index is -0.0000000933. The van der Waals surface area contributed by atoms with Crippen LogP contribution in [0.2, 0.25) is 0 Å². The van der Waals surface area contributed by atoms with E-state index >= 15 is 0 Å². The molecule has 0 radical (unpaired) electrons. The Hall–Kier alpha value is -0.410. The maximum Gasteiger partial charge on any atom is 0.116 e. The molecule has 0 spiro atoms. The Morgan fingerprint density at radius 1 is 1.36 bits per heavy atom. The van der Waals surface area contributed by atoms with Crippen LogP contribution in [-0.2, 0) is 4.79 Å². The standard InChI is InChI=1S/C4H10O.C2H6O.C2H4O/c1-4(2)3-5;2*1-2-3/h4-5H,3H2,1-2H3;3H,2H2,1H3;2H,1H3. The highest BCUT2D eigenvalue weighted by molar-refractivity contribution is 5.44. The van der Waals surface area contributed by atoms with Crippen LogP contribution in [0.4, 0.5) is 0 Å². The van der Waals surface area contributed by atoms with E-state index in [9.17, 15) is 0 Å². The predicted molar refractivity (Wildman–Crippen MR) is 46.4 cm³/mol. The van der Waals surface area contributed by atoms with Gasteiger partial charge in [-0.15, -0.1) is 0 Å². The third-order valence-electron chi connectivity index (χ3n) is 0.365. The third kappa shape index (κ3) is 219. The quantitative estimate of drug-likeness (QED) is 0.565. The molecule has 0 rings (SSSR count). The summed E-state index contributed by atoms with van der Waals surface area (Å²) in [6.07, 6.45) is 0.750. The van der Waals surface area contributed by atoms with E-state index in [1.54, 1.807) is 6.92 Å². The Morgan fingerprint density at radius 2 is 1.45 bits per heavy atom. The zero-order valence-electron chi connectivity index (χ0n) is 7.87. The summed E-state index contributed by atoms with van der Waals surface area (Å²) in [6, 6.07) is 0. The lowest BCUT2D eigenvalue weighted by atomic mass is 10.2. The Bertz CT molecular complexity index is 53.3. The van der Waals surface area contributed by atoms with Crippen molar-refractivity contribution in [2.75, 3.05) is 13.2 Å². The topological polar surface area (TPSA) is 57.5 Å². The van der Waals surface area contributed by atoms with Crippen molar-refractivity contribution in [3.05, 3.63) is 0 Å². The summed E-state index contributed by atoms with van der Waals surface area (Å²) >= 11 is 0. The summed E-state index contributed by atoms with van der Waals surface area (Å²) in [7, 11) is 0. The zero-order chi connectivity index (χ0) is 9.70. The molecule has 0 atom stereocenters. The maximum absolute atomic E-state index is 8.81. The van der Waals surface area contributed by atoms with E-state index < -0.39 is 0 Å². The van der Waals surface area contributed by atoms with Crippen molar-refractivity contribution in [3.8, 4) is 0 Å². The van der Waals surface area contributed by atoms with Crippen molar-refractivity contribution in [3.63, 3.8) is 0 Å². The first-order chi connectivity index (χ1) is 5.10. The largest absolute Gasteiger partial charge is 0.397 e. The van der Waals surface area contributed by atoms with Gasteiger partial charge in [-0.2, -0.15) is 0 Å². The van der Waals surface area contributed by atoms with Gasteiger partial charge in [-0.3, -0.25) is 0 Å². The van der Waals surface area contributed by atoms with E-state index in [0.717, 1.165) is 6.29 Å². The molecule has 0 aromatic rings. The average Bonchev–Trinajstić information content (AvgIpc) is 1.91. The highest BCUT2D eigenvalue weighted by Gasteiger charge is 1.81. The Labute approximate surface area is 69.1 Å². The summed E-state index contributed by atoms with van der Waals surface area (Å²) in [6.45, 7) is 7.62. The van der Waals surface area contributed by atoms with E-state index in [1.165, 1.54) is 6.92 Å². The summed E-state index contributed by atoms with van der Waals surface area (Å²) in [5.41, 5.74) is 0. The lowest BCUT2D eigenvalue weighted by Crippen LogP contribution is -1.90. The van der Waals surface area contributed by atoms with E-state index in [2.05, 4.69) is 0 Å². The fourth-order valence-corrected chi connectivity index (χ4v) is 0. The molecular weight excluding hydrogens is 144 g/mol. The van der Waals surface area contributed by atoms with Crippen LogP contribution in [0.15, 0.2) is 0 Å². The van der Waals surface area contributed by atoms with Gasteiger partial charge in [0.1, 0.15) is 6.29 Å². The molecule has 0 aromatic carbocycles. The fourth-order valence-electron chi connectivity index (χ4n) is 0. The minimum atomic E-state index is 0.250. The van der Waals surface area contributed by atoms with Gasteiger partial charge in [0.25, 0.3) is 0 Å². The van der Waals surface area contributed by atoms with E-state index in [0.29, 0.717) is 12.5 Å². The fraction of sp³-hybridized carbons (Fsp3) is 0.875. The third-order valence-corrected chi connectivity index (χ3v) is 0.365. The molecular formula is C8H20O3. The molecule has 2 N–H and O–H groups in total. The second kappa shape index (κ2) is 22.6. The number of aliphatic hydroxyl groups excluding tert-OH is 2. The van der Waals surface area contributed by atoms with Gasteiger partial charge in [0.05, 0.1) is 0 Å². The van der Waals surface area contributed by atoms with Crippen LogP contribution >= 0.6 is 0 Å². The minimum absolute atomic E-state index is 0.250. The minimum Gasteiger partial charge on any atom is -0.397 e. The lowest BCUT2D eigenvalue weighted by molar-refractivity contribution is -0.106. The van der Waals surface area contributed by atoms with Crippen LogP contribution in [0.25, 0.3) is 0 Å². The van der Waals surface area contributed by atoms with Crippen molar-refractivity contribution in [1.82, 2.24) is 0 Å². The summed E-state index contributed by atoms with van der Waals surface area (Å²) in [5, 5.41) is 15.7. The molecule has 3 nitrogen and oxygen atoms in total. The van der Waals surface area contributed by atoms with Gasteiger partial charge in [-0.25, -0.2) is 0 Å². The Morgan fingerprint density at radius 3 is 1.45 bits per heavy atom. The lowest BCUT2D eigenvalue weighted by Gasteiger charge is -1.90. The summed E-state index contributed by atoms with van der Waals surface area (Å²) < 4.78 is 0. The van der Waals surface area contributed by atoms with Gasteiger partial charge >= 0.3 is 0 Å². The van der Waals surface area contributed by atoms with Crippen LogP contribution in [0, 0.1) is 5.92 Å². The molecule has 0 amide bonds. The number of aldehydes is 1. The first-order valence-electron chi connectivity index (χ1n) is 3.72. The maximum atomic E-state index is 8.81. The van der Waals surface area contributed by atoms with Crippen LogP contribution in [-0.4, -0.2) is 29.7 Å². The van der Waals surface area contributed by atoms with Gasteiger partial charge < -0.3 is 15.0 Å². The first kappa shape index (κ1) is 16.9. The van der Waals surface area contributed by atoms with Crippen molar-refractivity contribution < 1.29 is 15.0 Å². The van der Waals surface area contributed by atoms with E-state index in [1.807, 2.05) is 13.8 Å². The smallest absolute Gasteiger partial charge is 0.116 e. The van der Waals surface area contributed by atoms with Crippen molar-refractivity contribution in [2.24, 2.45) is 5.92 Å². The highest BCUT2D eigenvalue weighted by Crippen LogP contribution is 1.83. The van der Waals surface area contributed by atoms with E-state index in [-0.39, 0.29) is 6.61 Å². The first-order valence-corrected chi connectivity index (χ1v) is 3.72. The molecule has 11 heavy (non-hydrogen) atoms. The van der Waals surface area contributed by atoms with E-state index in [4.69, 9.17) is 15.0 Å². The monoisotopic (exact) mass is 164 g/mol. The molecule has 3 heteroatoms. The van der Waals surface area contributed by atoms with Gasteiger partial charge in [0.2, 0.25) is 0 Å². The van der Waals surface area contributed by atoms with Gasteiger partial charge in [0, 0.05) is 13.2 Å². The van der Waals surface area contributed by atoms with Crippen molar-refractivity contribution >= 4 is 6.29 Å². The molecule has 70 valence electrons. The molecule has 0 aliphatic carbocycles. The van der Waals surface area contributed by atoms with Gasteiger partial charge in [0.15, 0.2) is 0 Å². The van der Waals surface area contributed by atoms with Crippen molar-refractivity contribution in [1.29, 1.82) is 0 Å². The molecule has 0 aliphatic rings. The molecule has 0 saturated carbocycles. The summed E-state index contributed by atoms with van der Waals surface area (Å²) in [4.78, 5) is 8.81. The average molecular weight is 164 g/mol. The van der Waals surface area contributed by atoms with Crippen molar-refractivity contribution in [2.45, 2.75) is 27.7 Å². The summed E-state index contributed by atoms with van der Waals surface area (Å²) in [5.74, 6) is 0.440. The van der Waals surface area contributed by atoms with Crippen LogP contribution in [0.3, 0.4) is 0 Å². The van der Waals surface area contributed by atoms with Gasteiger partial charge in [-0.1, -0.05) is 13.8 Å². The number of hydrogen-bond acceptors (Lipinski definition) is 3. The van der Waals surface area contributed by atoms with Crippen LogP contribution in [0.5, 0.6) is 0 Å². The SMILES string of the molecule is CC(C)CO.CC=O.CCO. The predicted octanol–water partition coefficient (Wildman–Crippen LogP) is 0.839. The van der Waals surface area contributed by atoms with Gasteiger partial charge in [-0.05, 0) is 19.8 Å². The number of carbonyl (C=O) groups excluding carboxylic acids is 1. The number of hydrogen-bond donors (Lipinski definition) is 2. The van der Waals surface area contributed by atoms with Crippen LogP contribution in [0.1, 0.15) is 27.7 Å². The normalized spacial score (nSPS) is 7.18. The number of rotatable bonds is 1. The molecule has 0 bridgehead atoms. The molecule has 0 saturated heterocycles. The number of carbonyl (C=O) groups is 1. The number of aliphatic hydroxyl groups is 2. The second-order valence-electron chi connectivity index (χ2n) is 2.13. The molecule has 0 unspecified atom stereocenters. The molecule has 0 heterocycles. The molecule has 0 fully saturated rings. The zero-order valence-corrected chi connectivity index (χ0v) is 7.87.